The fourth-order valence-corrected chi connectivity index (χ4v) is 3.60. The van der Waals surface area contributed by atoms with E-state index < -0.39 is 0 Å². The maximum absolute atomic E-state index is 12.0. The molecule has 0 saturated heterocycles. The van der Waals surface area contributed by atoms with Gasteiger partial charge in [-0.3, -0.25) is 4.79 Å². The second-order valence-electron chi connectivity index (χ2n) is 6.98. The molecule has 0 aromatic carbocycles. The number of carbonyl (C=O) groups excluding carboxylic acids is 1. The van der Waals surface area contributed by atoms with Crippen molar-refractivity contribution in [3.05, 3.63) is 23.3 Å². The van der Waals surface area contributed by atoms with Gasteiger partial charge >= 0.3 is 0 Å². The van der Waals surface area contributed by atoms with E-state index in [2.05, 4.69) is 31.1 Å². The van der Waals surface area contributed by atoms with Crippen LogP contribution in [0.2, 0.25) is 0 Å². The molecule has 1 rings (SSSR count). The van der Waals surface area contributed by atoms with E-state index in [0.29, 0.717) is 17.9 Å². The highest BCUT2D eigenvalue weighted by molar-refractivity contribution is 5.92. The summed E-state index contributed by atoms with van der Waals surface area (Å²) in [4.78, 5) is 12.0. The molecule has 0 heterocycles. The topological polar surface area (TPSA) is 41.1 Å². The molecule has 0 bridgehead atoms. The third-order valence-electron chi connectivity index (χ3n) is 5.05. The lowest BCUT2D eigenvalue weighted by atomic mass is 9.86. The monoisotopic (exact) mass is 320 g/mol. The molecule has 0 aromatic heterocycles. The summed E-state index contributed by atoms with van der Waals surface area (Å²) < 4.78 is 0. The summed E-state index contributed by atoms with van der Waals surface area (Å²) in [6.45, 7) is 12.0. The zero-order chi connectivity index (χ0) is 17.2. The lowest BCUT2D eigenvalue weighted by Crippen LogP contribution is -2.30. The van der Waals surface area contributed by atoms with Crippen molar-refractivity contribution in [1.29, 1.82) is 0 Å². The second kappa shape index (κ2) is 10.6. The molecule has 0 aliphatic heterocycles. The van der Waals surface area contributed by atoms with Crippen LogP contribution in [0.1, 0.15) is 65.7 Å². The Morgan fingerprint density at radius 1 is 1.39 bits per heavy atom. The lowest BCUT2D eigenvalue weighted by molar-refractivity contribution is -0.117. The third-order valence-corrected chi connectivity index (χ3v) is 5.05. The van der Waals surface area contributed by atoms with Crippen molar-refractivity contribution in [3.63, 3.8) is 0 Å². The van der Waals surface area contributed by atoms with Gasteiger partial charge in [0, 0.05) is 18.7 Å². The Labute approximate surface area is 143 Å². The van der Waals surface area contributed by atoms with Gasteiger partial charge in [-0.15, -0.1) is 0 Å². The molecule has 1 amide bonds. The number of hydrogen-bond acceptors (Lipinski definition) is 2. The summed E-state index contributed by atoms with van der Waals surface area (Å²) >= 11 is 0. The van der Waals surface area contributed by atoms with Gasteiger partial charge in [-0.1, -0.05) is 51.3 Å². The predicted octanol–water partition coefficient (Wildman–Crippen LogP) is 4.21. The summed E-state index contributed by atoms with van der Waals surface area (Å²) in [7, 11) is 2.02. The average Bonchev–Trinajstić information content (AvgIpc) is 2.74. The van der Waals surface area contributed by atoms with Gasteiger partial charge in [0.2, 0.25) is 5.91 Å². The number of nitrogens with one attached hydrogen (secondary N) is 2. The van der Waals surface area contributed by atoms with Gasteiger partial charge in [0.15, 0.2) is 0 Å². The van der Waals surface area contributed by atoms with E-state index in [1.54, 1.807) is 11.1 Å². The van der Waals surface area contributed by atoms with Gasteiger partial charge in [-0.25, -0.2) is 0 Å². The van der Waals surface area contributed by atoms with Crippen LogP contribution >= 0.6 is 0 Å². The zero-order valence-electron chi connectivity index (χ0n) is 15.6. The summed E-state index contributed by atoms with van der Waals surface area (Å²) in [5.74, 6) is 1.23. The maximum Gasteiger partial charge on any atom is 0.246 e. The lowest BCUT2D eigenvalue weighted by Gasteiger charge is -2.23. The summed E-state index contributed by atoms with van der Waals surface area (Å²) in [6, 6.07) is 0. The van der Waals surface area contributed by atoms with Crippen LogP contribution in [0.15, 0.2) is 23.3 Å². The van der Waals surface area contributed by atoms with E-state index in [0.717, 1.165) is 19.0 Å². The van der Waals surface area contributed by atoms with Crippen molar-refractivity contribution in [2.75, 3.05) is 20.1 Å². The molecule has 2 N–H and O–H groups in total. The molecule has 0 radical (unpaired) electrons. The van der Waals surface area contributed by atoms with E-state index in [1.807, 2.05) is 14.0 Å². The fourth-order valence-electron chi connectivity index (χ4n) is 3.60. The molecule has 0 aromatic rings. The van der Waals surface area contributed by atoms with Crippen LogP contribution in [-0.4, -0.2) is 26.0 Å². The molecule has 3 heteroatoms. The first-order chi connectivity index (χ1) is 11.0. The number of amides is 1. The SMILES string of the molecule is C=C(CC)C(=O)NCC(C)C1=C(CNC)CCCC(CCC)C1. The van der Waals surface area contributed by atoms with Gasteiger partial charge in [0.25, 0.3) is 0 Å². The molecule has 1 aliphatic carbocycles. The number of rotatable bonds is 9. The number of hydrogen-bond donors (Lipinski definition) is 2. The molecule has 0 saturated carbocycles. The maximum atomic E-state index is 12.0. The molecule has 2 atom stereocenters. The Kier molecular flexibility index (Phi) is 9.23. The van der Waals surface area contributed by atoms with E-state index in [1.165, 1.54) is 38.5 Å². The van der Waals surface area contributed by atoms with Gasteiger partial charge in [-0.05, 0) is 51.0 Å². The highest BCUT2D eigenvalue weighted by Gasteiger charge is 2.22. The van der Waals surface area contributed by atoms with E-state index in [-0.39, 0.29) is 5.91 Å². The van der Waals surface area contributed by atoms with E-state index in [9.17, 15) is 4.79 Å². The van der Waals surface area contributed by atoms with E-state index >= 15 is 0 Å². The quantitative estimate of drug-likeness (QED) is 0.493. The third kappa shape index (κ3) is 6.50. The molecule has 3 nitrogen and oxygen atoms in total. The molecule has 0 fully saturated rings. The van der Waals surface area contributed by atoms with Crippen LogP contribution in [0, 0.1) is 11.8 Å². The van der Waals surface area contributed by atoms with E-state index in [4.69, 9.17) is 0 Å². The fraction of sp³-hybridized carbons (Fsp3) is 0.750. The molecule has 132 valence electrons. The highest BCUT2D eigenvalue weighted by atomic mass is 16.1. The standard InChI is InChI=1S/C20H36N2O/c1-6-9-17-10-8-11-18(14-21-5)19(12-17)16(4)13-22-20(23)15(3)7-2/h16-17,21H,3,6-14H2,1-2,4-5H3,(H,22,23). The van der Waals surface area contributed by atoms with Crippen LogP contribution in [0.5, 0.6) is 0 Å². The summed E-state index contributed by atoms with van der Waals surface area (Å²) in [6.07, 6.45) is 8.36. The Balaban J connectivity index is 2.77. The van der Waals surface area contributed by atoms with Crippen LogP contribution in [0.4, 0.5) is 0 Å². The van der Waals surface area contributed by atoms with Crippen LogP contribution < -0.4 is 10.6 Å². The molecular weight excluding hydrogens is 284 g/mol. The van der Waals surface area contributed by atoms with Crippen molar-refractivity contribution in [3.8, 4) is 0 Å². The first kappa shape index (κ1) is 20.0. The Hall–Kier alpha value is -1.09. The largest absolute Gasteiger partial charge is 0.352 e. The average molecular weight is 321 g/mol. The van der Waals surface area contributed by atoms with Gasteiger partial charge in [-0.2, -0.15) is 0 Å². The molecule has 0 spiro atoms. The first-order valence-electron chi connectivity index (χ1n) is 9.34. The Bertz CT molecular complexity index is 425. The van der Waals surface area contributed by atoms with Crippen molar-refractivity contribution >= 4 is 5.91 Å². The normalized spacial score (nSPS) is 20.1. The van der Waals surface area contributed by atoms with Crippen molar-refractivity contribution in [1.82, 2.24) is 10.6 Å². The summed E-state index contributed by atoms with van der Waals surface area (Å²) in [5.41, 5.74) is 3.83. The minimum absolute atomic E-state index is 0.00819. The highest BCUT2D eigenvalue weighted by Crippen LogP contribution is 2.34. The summed E-state index contributed by atoms with van der Waals surface area (Å²) in [5, 5.41) is 6.40. The first-order valence-corrected chi connectivity index (χ1v) is 9.34. The molecule has 1 aliphatic rings. The van der Waals surface area contributed by atoms with Crippen LogP contribution in [0.3, 0.4) is 0 Å². The van der Waals surface area contributed by atoms with Gasteiger partial charge < -0.3 is 10.6 Å². The van der Waals surface area contributed by atoms with Gasteiger partial charge in [0.05, 0.1) is 0 Å². The zero-order valence-corrected chi connectivity index (χ0v) is 15.6. The number of likely N-dealkylation sites (N-methyl/N-ethyl adjacent to an activating group) is 1. The second-order valence-corrected chi connectivity index (χ2v) is 6.98. The Morgan fingerprint density at radius 3 is 2.74 bits per heavy atom. The Morgan fingerprint density at radius 2 is 2.13 bits per heavy atom. The number of carbonyl (C=O) groups is 1. The minimum atomic E-state index is 0.00819. The molecular formula is C20H36N2O. The molecule has 23 heavy (non-hydrogen) atoms. The molecule has 2 unspecified atom stereocenters. The van der Waals surface area contributed by atoms with Crippen LogP contribution in [-0.2, 0) is 4.79 Å². The van der Waals surface area contributed by atoms with Crippen LogP contribution in [0.25, 0.3) is 0 Å². The van der Waals surface area contributed by atoms with Crippen molar-refractivity contribution in [2.24, 2.45) is 11.8 Å². The van der Waals surface area contributed by atoms with Crippen molar-refractivity contribution in [2.45, 2.75) is 65.7 Å². The smallest absolute Gasteiger partial charge is 0.246 e. The minimum Gasteiger partial charge on any atom is -0.352 e. The van der Waals surface area contributed by atoms with Crippen molar-refractivity contribution < 1.29 is 4.79 Å². The van der Waals surface area contributed by atoms with Gasteiger partial charge in [0.1, 0.15) is 0 Å². The predicted molar refractivity (Wildman–Crippen MR) is 99.4 cm³/mol.